The maximum atomic E-state index is 12.9. The molecule has 0 bridgehead atoms. The normalized spacial score (nSPS) is 13.2. The van der Waals surface area contributed by atoms with Gasteiger partial charge in [0.2, 0.25) is 0 Å². The molecular formula is C22H26N2O. The van der Waals surface area contributed by atoms with E-state index < -0.39 is 0 Å². The lowest BCUT2D eigenvalue weighted by molar-refractivity contribution is 0.589. The zero-order valence-corrected chi connectivity index (χ0v) is 15.7. The summed E-state index contributed by atoms with van der Waals surface area (Å²) < 4.78 is 1.71. The van der Waals surface area contributed by atoms with Crippen molar-refractivity contribution in [1.82, 2.24) is 9.55 Å². The molecule has 0 radical (unpaired) electrons. The van der Waals surface area contributed by atoms with Gasteiger partial charge in [-0.1, -0.05) is 64.1 Å². The Hall–Kier alpha value is -2.42. The Labute approximate surface area is 149 Å². The monoisotopic (exact) mass is 334 g/mol. The fourth-order valence-corrected chi connectivity index (χ4v) is 3.33. The number of fused-ring (bicyclic) bond motifs is 1. The molecule has 1 atom stereocenters. The molecule has 3 aromatic rings. The van der Waals surface area contributed by atoms with Gasteiger partial charge in [-0.3, -0.25) is 4.79 Å². The standard InChI is InChI=1S/C22H26N2O/c1-6-17(15-11-13-16(14-12-15)22(2,3)4)20-21(25)24(5)19-10-8-7-9-18(19)23-20/h7-14,17H,6H2,1-5H3. The molecule has 0 fully saturated rings. The van der Waals surface area contributed by atoms with Gasteiger partial charge >= 0.3 is 0 Å². The Morgan fingerprint density at radius 2 is 1.68 bits per heavy atom. The van der Waals surface area contributed by atoms with Crippen molar-refractivity contribution >= 4 is 11.0 Å². The molecule has 3 heteroatoms. The van der Waals surface area contributed by atoms with Crippen LogP contribution in [0, 0.1) is 0 Å². The number of benzene rings is 2. The van der Waals surface area contributed by atoms with Crippen LogP contribution in [-0.4, -0.2) is 9.55 Å². The molecule has 1 heterocycles. The maximum Gasteiger partial charge on any atom is 0.273 e. The Morgan fingerprint density at radius 1 is 1.04 bits per heavy atom. The van der Waals surface area contributed by atoms with Gasteiger partial charge in [0, 0.05) is 13.0 Å². The average molecular weight is 334 g/mol. The van der Waals surface area contributed by atoms with Crippen molar-refractivity contribution in [2.75, 3.05) is 0 Å². The number of nitrogens with zero attached hydrogens (tertiary/aromatic N) is 2. The molecule has 0 saturated carbocycles. The van der Waals surface area contributed by atoms with E-state index in [0.29, 0.717) is 5.69 Å². The molecule has 3 nitrogen and oxygen atoms in total. The third kappa shape index (κ3) is 3.23. The lowest BCUT2D eigenvalue weighted by Gasteiger charge is -2.21. The molecule has 0 amide bonds. The largest absolute Gasteiger partial charge is 0.308 e. The topological polar surface area (TPSA) is 34.9 Å². The van der Waals surface area contributed by atoms with Crippen LogP contribution in [0.5, 0.6) is 0 Å². The summed E-state index contributed by atoms with van der Waals surface area (Å²) in [5.74, 6) is 0.0114. The summed E-state index contributed by atoms with van der Waals surface area (Å²) >= 11 is 0. The first-order valence-electron chi connectivity index (χ1n) is 8.89. The molecule has 0 aliphatic heterocycles. The second-order valence-electron chi connectivity index (χ2n) is 7.68. The van der Waals surface area contributed by atoms with Gasteiger partial charge in [0.1, 0.15) is 5.69 Å². The van der Waals surface area contributed by atoms with Crippen LogP contribution < -0.4 is 5.56 Å². The second kappa shape index (κ2) is 6.47. The van der Waals surface area contributed by atoms with E-state index in [1.165, 1.54) is 5.56 Å². The molecule has 3 rings (SSSR count). The molecule has 1 unspecified atom stereocenters. The number of aromatic nitrogens is 2. The van der Waals surface area contributed by atoms with Gasteiger partial charge in [0.15, 0.2) is 0 Å². The zero-order valence-electron chi connectivity index (χ0n) is 15.7. The van der Waals surface area contributed by atoms with Crippen LogP contribution in [-0.2, 0) is 12.5 Å². The lowest BCUT2D eigenvalue weighted by Crippen LogP contribution is -2.26. The molecule has 130 valence electrons. The SMILES string of the molecule is CCC(c1ccc(C(C)(C)C)cc1)c1nc2ccccc2n(C)c1=O. The first-order valence-corrected chi connectivity index (χ1v) is 8.89. The van der Waals surface area contributed by atoms with Gasteiger partial charge in [-0.15, -0.1) is 0 Å². The summed E-state index contributed by atoms with van der Waals surface area (Å²) in [5, 5.41) is 0. The summed E-state index contributed by atoms with van der Waals surface area (Å²) in [6.07, 6.45) is 0.843. The molecule has 2 aromatic carbocycles. The molecule has 0 N–H and O–H groups in total. The number of hydrogen-bond acceptors (Lipinski definition) is 2. The minimum atomic E-state index is -0.00884. The Bertz CT molecular complexity index is 946. The number of aryl methyl sites for hydroxylation is 1. The highest BCUT2D eigenvalue weighted by atomic mass is 16.1. The Morgan fingerprint density at radius 3 is 2.28 bits per heavy atom. The average Bonchev–Trinajstić information content (AvgIpc) is 2.59. The quantitative estimate of drug-likeness (QED) is 0.691. The maximum absolute atomic E-state index is 12.9. The van der Waals surface area contributed by atoms with E-state index in [2.05, 4.69) is 52.0 Å². The van der Waals surface area contributed by atoms with Crippen LogP contribution in [0.1, 0.15) is 56.9 Å². The van der Waals surface area contributed by atoms with Gasteiger partial charge in [-0.05, 0) is 35.1 Å². The molecular weight excluding hydrogens is 308 g/mol. The van der Waals surface area contributed by atoms with Crippen LogP contribution >= 0.6 is 0 Å². The predicted octanol–water partition coefficient (Wildman–Crippen LogP) is 4.77. The number of rotatable bonds is 3. The molecule has 0 aliphatic carbocycles. The summed E-state index contributed by atoms with van der Waals surface area (Å²) in [6, 6.07) is 16.4. The van der Waals surface area contributed by atoms with Gasteiger partial charge in [0.05, 0.1) is 11.0 Å². The highest BCUT2D eigenvalue weighted by Crippen LogP contribution is 2.28. The smallest absolute Gasteiger partial charge is 0.273 e. The van der Waals surface area contributed by atoms with Gasteiger partial charge < -0.3 is 4.57 Å². The highest BCUT2D eigenvalue weighted by Gasteiger charge is 2.21. The first kappa shape index (κ1) is 17.4. The Balaban J connectivity index is 2.11. The van der Waals surface area contributed by atoms with Crippen molar-refractivity contribution in [3.05, 3.63) is 75.7 Å². The Kier molecular flexibility index (Phi) is 4.51. The first-order chi connectivity index (χ1) is 11.8. The van der Waals surface area contributed by atoms with Crippen LogP contribution in [0.15, 0.2) is 53.3 Å². The van der Waals surface area contributed by atoms with E-state index in [0.717, 1.165) is 23.0 Å². The van der Waals surface area contributed by atoms with E-state index in [1.54, 1.807) is 4.57 Å². The van der Waals surface area contributed by atoms with Crippen molar-refractivity contribution < 1.29 is 0 Å². The van der Waals surface area contributed by atoms with Crippen LogP contribution in [0.3, 0.4) is 0 Å². The van der Waals surface area contributed by atoms with Gasteiger partial charge in [-0.2, -0.15) is 0 Å². The third-order valence-corrected chi connectivity index (χ3v) is 4.93. The summed E-state index contributed by atoms with van der Waals surface area (Å²) in [7, 11) is 1.82. The number of para-hydroxylation sites is 2. The fourth-order valence-electron chi connectivity index (χ4n) is 3.33. The van der Waals surface area contributed by atoms with Crippen LogP contribution in [0.2, 0.25) is 0 Å². The summed E-state index contributed by atoms with van der Waals surface area (Å²) in [5.41, 5.74) is 4.93. The van der Waals surface area contributed by atoms with Crippen molar-refractivity contribution in [3.63, 3.8) is 0 Å². The van der Waals surface area contributed by atoms with Gasteiger partial charge in [0.25, 0.3) is 5.56 Å². The predicted molar refractivity (Wildman–Crippen MR) is 104 cm³/mol. The minimum Gasteiger partial charge on any atom is -0.308 e. The van der Waals surface area contributed by atoms with Crippen LogP contribution in [0.4, 0.5) is 0 Å². The van der Waals surface area contributed by atoms with E-state index >= 15 is 0 Å². The molecule has 1 aromatic heterocycles. The lowest BCUT2D eigenvalue weighted by atomic mass is 9.84. The van der Waals surface area contributed by atoms with Crippen molar-refractivity contribution in [2.24, 2.45) is 7.05 Å². The molecule has 0 aliphatic rings. The van der Waals surface area contributed by atoms with E-state index in [4.69, 9.17) is 4.98 Å². The zero-order chi connectivity index (χ0) is 18.2. The minimum absolute atomic E-state index is 0.00884. The van der Waals surface area contributed by atoms with Crippen molar-refractivity contribution in [1.29, 1.82) is 0 Å². The third-order valence-electron chi connectivity index (χ3n) is 4.93. The van der Waals surface area contributed by atoms with Crippen LogP contribution in [0.25, 0.3) is 11.0 Å². The van der Waals surface area contributed by atoms with E-state index in [1.807, 2.05) is 31.3 Å². The fraction of sp³-hybridized carbons (Fsp3) is 0.364. The highest BCUT2D eigenvalue weighted by molar-refractivity contribution is 5.74. The molecule has 0 spiro atoms. The van der Waals surface area contributed by atoms with Crippen molar-refractivity contribution in [2.45, 2.75) is 45.4 Å². The van der Waals surface area contributed by atoms with Crippen molar-refractivity contribution in [3.8, 4) is 0 Å². The van der Waals surface area contributed by atoms with Gasteiger partial charge in [-0.25, -0.2) is 4.98 Å². The summed E-state index contributed by atoms with van der Waals surface area (Å²) in [4.78, 5) is 17.6. The second-order valence-corrected chi connectivity index (χ2v) is 7.68. The summed E-state index contributed by atoms with van der Waals surface area (Å²) in [6.45, 7) is 8.73. The van der Waals surface area contributed by atoms with E-state index in [9.17, 15) is 4.79 Å². The van der Waals surface area contributed by atoms with E-state index in [-0.39, 0.29) is 16.9 Å². The number of hydrogen-bond donors (Lipinski definition) is 0. The molecule has 25 heavy (non-hydrogen) atoms. The molecule has 0 saturated heterocycles.